The third-order valence-corrected chi connectivity index (χ3v) is 5.08. The van der Waals surface area contributed by atoms with Crippen LogP contribution in [0.1, 0.15) is 30.0 Å². The molecule has 1 N–H and O–H groups in total. The van der Waals surface area contributed by atoms with E-state index >= 15 is 0 Å². The molecule has 1 fully saturated rings. The Morgan fingerprint density at radius 3 is 2.50 bits per heavy atom. The number of carbonyl (C=O) groups is 1. The first kappa shape index (κ1) is 22.0. The fourth-order valence-corrected chi connectivity index (χ4v) is 3.53. The molecule has 5 nitrogen and oxygen atoms in total. The molecule has 8 heteroatoms. The van der Waals surface area contributed by atoms with Gasteiger partial charge in [-0.3, -0.25) is 9.69 Å². The molecule has 1 heterocycles. The number of alkyl halides is 3. The molecule has 1 amide bonds. The maximum atomic E-state index is 12.8. The number of hydrogen-bond acceptors (Lipinski definition) is 4. The molecule has 3 rings (SSSR count). The van der Waals surface area contributed by atoms with E-state index in [0.29, 0.717) is 6.54 Å². The first-order valence-electron chi connectivity index (χ1n) is 9.81. The normalized spacial score (nSPS) is 15.6. The molecule has 2 aromatic rings. The van der Waals surface area contributed by atoms with Gasteiger partial charge in [-0.25, -0.2) is 0 Å². The lowest BCUT2D eigenvalue weighted by molar-refractivity contribution is -0.137. The first-order valence-corrected chi connectivity index (χ1v) is 9.81. The Balaban J connectivity index is 1.59. The fraction of sp³-hybridized carbons (Fsp3) is 0.409. The van der Waals surface area contributed by atoms with Crippen LogP contribution in [0, 0.1) is 0 Å². The fourth-order valence-electron chi connectivity index (χ4n) is 3.53. The average molecular weight is 422 g/mol. The van der Waals surface area contributed by atoms with Gasteiger partial charge in [0.05, 0.1) is 18.7 Å². The second kappa shape index (κ2) is 9.84. The van der Waals surface area contributed by atoms with Crippen molar-refractivity contribution in [2.75, 3.05) is 33.4 Å². The zero-order valence-electron chi connectivity index (χ0n) is 16.7. The van der Waals surface area contributed by atoms with E-state index in [4.69, 9.17) is 9.47 Å². The van der Waals surface area contributed by atoms with Gasteiger partial charge in [0.15, 0.2) is 6.61 Å². The molecule has 0 spiro atoms. The lowest BCUT2D eigenvalue weighted by Gasteiger charge is -2.28. The van der Waals surface area contributed by atoms with E-state index in [1.54, 1.807) is 7.11 Å². The zero-order valence-corrected chi connectivity index (χ0v) is 16.7. The van der Waals surface area contributed by atoms with Crippen molar-refractivity contribution in [3.63, 3.8) is 0 Å². The van der Waals surface area contributed by atoms with Gasteiger partial charge in [-0.1, -0.05) is 18.2 Å². The highest BCUT2D eigenvalue weighted by atomic mass is 19.4. The number of methoxy groups -OCH3 is 1. The molecule has 30 heavy (non-hydrogen) atoms. The molecule has 2 aromatic carbocycles. The van der Waals surface area contributed by atoms with Gasteiger partial charge in [0.25, 0.3) is 5.91 Å². The van der Waals surface area contributed by atoms with Crippen molar-refractivity contribution < 1.29 is 27.4 Å². The van der Waals surface area contributed by atoms with E-state index in [2.05, 4.69) is 10.2 Å². The summed E-state index contributed by atoms with van der Waals surface area (Å²) >= 11 is 0. The van der Waals surface area contributed by atoms with Crippen LogP contribution in [0.15, 0.2) is 48.5 Å². The second-order valence-electron chi connectivity index (χ2n) is 7.15. The van der Waals surface area contributed by atoms with Crippen LogP contribution in [0.25, 0.3) is 0 Å². The lowest BCUT2D eigenvalue weighted by atomic mass is 10.0. The number of nitrogens with zero attached hydrogens (tertiary/aromatic N) is 1. The predicted molar refractivity (Wildman–Crippen MR) is 106 cm³/mol. The van der Waals surface area contributed by atoms with Crippen molar-refractivity contribution in [3.05, 3.63) is 59.7 Å². The molecule has 0 saturated carbocycles. The minimum atomic E-state index is -4.46. The Hall–Kier alpha value is -2.74. The number of benzene rings is 2. The zero-order chi connectivity index (χ0) is 21.6. The summed E-state index contributed by atoms with van der Waals surface area (Å²) < 4.78 is 48.9. The highest BCUT2D eigenvalue weighted by molar-refractivity contribution is 5.77. The van der Waals surface area contributed by atoms with Gasteiger partial charge in [0.2, 0.25) is 0 Å². The molecule has 1 saturated heterocycles. The second-order valence-corrected chi connectivity index (χ2v) is 7.15. The molecule has 0 aromatic heterocycles. The summed E-state index contributed by atoms with van der Waals surface area (Å²) in [7, 11) is 1.61. The molecule has 162 valence electrons. The van der Waals surface area contributed by atoms with Crippen molar-refractivity contribution in [1.82, 2.24) is 10.2 Å². The van der Waals surface area contributed by atoms with Gasteiger partial charge in [-0.2, -0.15) is 13.2 Å². The lowest BCUT2D eigenvalue weighted by Crippen LogP contribution is -2.38. The van der Waals surface area contributed by atoms with Gasteiger partial charge in [0, 0.05) is 6.54 Å². The third-order valence-electron chi connectivity index (χ3n) is 5.08. The molecular weight excluding hydrogens is 397 g/mol. The van der Waals surface area contributed by atoms with Crippen LogP contribution in [0.2, 0.25) is 0 Å². The van der Waals surface area contributed by atoms with E-state index in [1.165, 1.54) is 12.1 Å². The molecule has 1 aliphatic heterocycles. The summed E-state index contributed by atoms with van der Waals surface area (Å²) in [5.74, 6) is 0.360. The molecule has 0 radical (unpaired) electrons. The van der Waals surface area contributed by atoms with Crippen LogP contribution in [0.3, 0.4) is 0 Å². The number of hydrogen-bond donors (Lipinski definition) is 1. The third kappa shape index (κ3) is 5.89. The summed E-state index contributed by atoms with van der Waals surface area (Å²) in [6.45, 7) is 1.90. The van der Waals surface area contributed by atoms with Gasteiger partial charge in [0.1, 0.15) is 11.5 Å². The van der Waals surface area contributed by atoms with Crippen LogP contribution >= 0.6 is 0 Å². The maximum absolute atomic E-state index is 12.8. The van der Waals surface area contributed by atoms with Crippen molar-refractivity contribution in [2.24, 2.45) is 0 Å². The SMILES string of the molecule is COc1cccc(C(CNC(=O)COc2cccc(C(F)(F)F)c2)N2CCCC2)c1. The Morgan fingerprint density at radius 2 is 1.80 bits per heavy atom. The van der Waals surface area contributed by atoms with Crippen LogP contribution in [0.5, 0.6) is 11.5 Å². The van der Waals surface area contributed by atoms with E-state index in [1.807, 2.05) is 24.3 Å². The average Bonchev–Trinajstić information content (AvgIpc) is 3.27. The molecular formula is C22H25F3N2O3. The van der Waals surface area contributed by atoms with E-state index in [0.717, 1.165) is 49.4 Å². The van der Waals surface area contributed by atoms with Gasteiger partial charge >= 0.3 is 6.18 Å². The number of ether oxygens (including phenoxy) is 2. The van der Waals surface area contributed by atoms with E-state index in [9.17, 15) is 18.0 Å². The minimum absolute atomic E-state index is 0.00358. The summed E-state index contributed by atoms with van der Waals surface area (Å²) in [5.41, 5.74) is 0.225. The number of nitrogens with one attached hydrogen (secondary N) is 1. The Kier molecular flexibility index (Phi) is 7.20. The molecule has 0 aliphatic carbocycles. The smallest absolute Gasteiger partial charge is 0.416 e. The highest BCUT2D eigenvalue weighted by Gasteiger charge is 2.30. The van der Waals surface area contributed by atoms with Crippen molar-refractivity contribution in [3.8, 4) is 11.5 Å². The van der Waals surface area contributed by atoms with Gasteiger partial charge in [-0.05, 0) is 61.8 Å². The maximum Gasteiger partial charge on any atom is 0.416 e. The number of rotatable bonds is 8. The minimum Gasteiger partial charge on any atom is -0.497 e. The van der Waals surface area contributed by atoms with Crippen molar-refractivity contribution in [1.29, 1.82) is 0 Å². The van der Waals surface area contributed by atoms with E-state index < -0.39 is 11.7 Å². The standard InChI is InChI=1S/C22H25F3N2O3/c1-29-18-8-4-6-16(12-18)20(27-10-2-3-11-27)14-26-21(28)15-30-19-9-5-7-17(13-19)22(23,24)25/h4-9,12-13,20H,2-3,10-11,14-15H2,1H3,(H,26,28). The predicted octanol–water partition coefficient (Wildman–Crippen LogP) is 4.05. The monoisotopic (exact) mass is 422 g/mol. The summed E-state index contributed by atoms with van der Waals surface area (Å²) in [6.07, 6.45) is -2.25. The molecule has 1 aliphatic rings. The summed E-state index contributed by atoms with van der Waals surface area (Å²) in [4.78, 5) is 14.6. The molecule has 1 unspecified atom stereocenters. The van der Waals surface area contributed by atoms with Gasteiger partial charge in [-0.15, -0.1) is 0 Å². The number of carbonyl (C=O) groups excluding carboxylic acids is 1. The quantitative estimate of drug-likeness (QED) is 0.698. The highest BCUT2D eigenvalue weighted by Crippen LogP contribution is 2.31. The van der Waals surface area contributed by atoms with Crippen molar-refractivity contribution in [2.45, 2.75) is 25.1 Å². The largest absolute Gasteiger partial charge is 0.497 e. The summed E-state index contributed by atoms with van der Waals surface area (Å²) in [5, 5.41) is 2.84. The number of likely N-dealkylation sites (tertiary alicyclic amines) is 1. The number of amides is 1. The van der Waals surface area contributed by atoms with Crippen LogP contribution in [-0.4, -0.2) is 44.2 Å². The van der Waals surface area contributed by atoms with Gasteiger partial charge < -0.3 is 14.8 Å². The Labute approximate surface area is 173 Å². The molecule has 0 bridgehead atoms. The summed E-state index contributed by atoms with van der Waals surface area (Å²) in [6, 6.07) is 12.2. The Morgan fingerprint density at radius 1 is 1.10 bits per heavy atom. The van der Waals surface area contributed by atoms with Crippen LogP contribution < -0.4 is 14.8 Å². The Bertz CT molecular complexity index is 852. The number of halogens is 3. The van der Waals surface area contributed by atoms with Crippen LogP contribution in [-0.2, 0) is 11.0 Å². The van der Waals surface area contributed by atoms with Crippen LogP contribution in [0.4, 0.5) is 13.2 Å². The topological polar surface area (TPSA) is 50.8 Å². The molecule has 1 atom stereocenters. The van der Waals surface area contributed by atoms with Crippen molar-refractivity contribution >= 4 is 5.91 Å². The first-order chi connectivity index (χ1) is 14.4. The van der Waals surface area contributed by atoms with E-state index in [-0.39, 0.29) is 24.3 Å².